The van der Waals surface area contributed by atoms with E-state index in [0.29, 0.717) is 44.8 Å². The van der Waals surface area contributed by atoms with Crippen LogP contribution in [0, 0.1) is 0 Å². The van der Waals surface area contributed by atoms with Gasteiger partial charge in [-0.2, -0.15) is 0 Å². The minimum absolute atomic E-state index is 0. The van der Waals surface area contributed by atoms with Crippen molar-refractivity contribution in [3.63, 3.8) is 0 Å². The molecule has 0 saturated heterocycles. The molecule has 0 amide bonds. The van der Waals surface area contributed by atoms with Crippen LogP contribution in [-0.2, 0) is 17.1 Å². The quantitative estimate of drug-likeness (QED) is 0.0841. The molecule has 0 aliphatic carbocycles. The molecule has 8 bridgehead atoms. The first kappa shape index (κ1) is 39.8. The first-order valence-electron chi connectivity index (χ1n) is 15.7. The van der Waals surface area contributed by atoms with Crippen molar-refractivity contribution in [2.75, 3.05) is 0 Å². The molecule has 53 heavy (non-hydrogen) atoms. The van der Waals surface area contributed by atoms with Crippen LogP contribution in [0.3, 0.4) is 0 Å². The van der Waals surface area contributed by atoms with Gasteiger partial charge in [0, 0.05) is 50.1 Å². The van der Waals surface area contributed by atoms with Crippen LogP contribution in [0.4, 0.5) is 0 Å². The molecule has 0 fully saturated rings. The van der Waals surface area contributed by atoms with E-state index in [2.05, 4.69) is 0 Å². The second kappa shape index (κ2) is 15.7. The molecule has 3 aromatic heterocycles. The van der Waals surface area contributed by atoms with E-state index in [1.807, 2.05) is 76.2 Å². The van der Waals surface area contributed by atoms with Gasteiger partial charge in [0.05, 0.1) is 57.4 Å². The van der Waals surface area contributed by atoms with E-state index in [1.54, 1.807) is 0 Å². The molecule has 0 unspecified atom stereocenters. The van der Waals surface area contributed by atoms with E-state index >= 15 is 0 Å². The predicted octanol–water partition coefficient (Wildman–Crippen LogP) is 13.4. The van der Waals surface area contributed by atoms with Gasteiger partial charge in [-0.1, -0.05) is 169 Å². The van der Waals surface area contributed by atoms with Crippen LogP contribution in [0.1, 0.15) is 27.7 Å². The van der Waals surface area contributed by atoms with E-state index in [1.165, 1.54) is 0 Å². The summed E-state index contributed by atoms with van der Waals surface area (Å²) in [7, 11) is 0. The molecule has 0 N–H and O–H groups in total. The average molecular weight is 912 g/mol. The molecular formula is C36H20Cl8CuN8. The van der Waals surface area contributed by atoms with Gasteiger partial charge >= 0.3 is 17.1 Å². The predicted molar refractivity (Wildman–Crippen MR) is 217 cm³/mol. The molecule has 4 aromatic carbocycles. The fraction of sp³-hybridized carbons (Fsp3) is 0.111. The topological polar surface area (TPSA) is 106 Å². The van der Waals surface area contributed by atoms with Crippen molar-refractivity contribution in [2.45, 2.75) is 27.7 Å². The van der Waals surface area contributed by atoms with Crippen LogP contribution in [0.25, 0.3) is 89.7 Å². The maximum absolute atomic E-state index is 6.80. The van der Waals surface area contributed by atoms with Crippen molar-refractivity contribution in [1.82, 2.24) is 39.9 Å². The van der Waals surface area contributed by atoms with Crippen LogP contribution in [0.5, 0.6) is 0 Å². The number of hydrogen-bond acceptors (Lipinski definition) is 6. The minimum atomic E-state index is 0. The Morgan fingerprint density at radius 1 is 0.377 bits per heavy atom. The molecule has 2 aliphatic heterocycles. The summed E-state index contributed by atoms with van der Waals surface area (Å²) in [4.78, 5) is 38.5. The Kier molecular flexibility index (Phi) is 11.8. The summed E-state index contributed by atoms with van der Waals surface area (Å²) >= 11 is 53.3. The smallest absolute Gasteiger partial charge is 0.357 e. The number of benzene rings is 4. The molecule has 9 rings (SSSR count). The summed E-state index contributed by atoms with van der Waals surface area (Å²) in [5, 5.41) is 2.29. The van der Waals surface area contributed by atoms with Crippen LogP contribution in [-0.4, -0.2) is 29.9 Å². The Labute approximate surface area is 353 Å². The van der Waals surface area contributed by atoms with Crippen molar-refractivity contribution >= 4 is 137 Å². The molecule has 2 aliphatic rings. The molecule has 271 valence electrons. The van der Waals surface area contributed by atoms with Crippen LogP contribution in [0.2, 0.25) is 40.2 Å². The Balaban J connectivity index is 0.000000931. The van der Waals surface area contributed by atoms with Gasteiger partial charge in [0.2, 0.25) is 0 Å². The molecule has 5 heterocycles. The second-order valence-electron chi connectivity index (χ2n) is 10.6. The van der Waals surface area contributed by atoms with Crippen LogP contribution < -0.4 is 9.97 Å². The molecule has 0 saturated carbocycles. The van der Waals surface area contributed by atoms with E-state index in [4.69, 9.17) is 133 Å². The molecule has 7 aromatic rings. The van der Waals surface area contributed by atoms with E-state index in [0.717, 1.165) is 10.9 Å². The summed E-state index contributed by atoms with van der Waals surface area (Å²) < 4.78 is 0. The van der Waals surface area contributed by atoms with Gasteiger partial charge in [-0.15, -0.1) is 0 Å². The third-order valence-corrected chi connectivity index (χ3v) is 11.5. The van der Waals surface area contributed by atoms with Gasteiger partial charge in [0.25, 0.3) is 0 Å². The fourth-order valence-electron chi connectivity index (χ4n) is 5.78. The standard InChI is InChI=1S/C32H8Cl8N8.2C2H6.Cu/c33-17-13-15(19(35)23(39)21(17)37)31-46-29(13)44-27-11-7-3-1-5-9(11)25(42-27)41-26-10-6-2-4-8-12(10)28(43-26)45-30-14-16(32(47-30)48-31)20(36)24(40)22(38)18(14)34;2*1-2;/h1-8H;2*1-2H3;/q-2;;;+2. The third kappa shape index (κ3) is 6.33. The first-order valence-corrected chi connectivity index (χ1v) is 18.8. The first-order chi connectivity index (χ1) is 25.1. The zero-order chi connectivity index (χ0) is 37.2. The Hall–Kier alpha value is -2.92. The van der Waals surface area contributed by atoms with Crippen LogP contribution in [0.15, 0.2) is 48.5 Å². The van der Waals surface area contributed by atoms with E-state index in [-0.39, 0.29) is 91.1 Å². The summed E-state index contributed by atoms with van der Waals surface area (Å²) in [6.07, 6.45) is 0. The van der Waals surface area contributed by atoms with Gasteiger partial charge in [-0.25, -0.2) is 15.0 Å². The zero-order valence-electron chi connectivity index (χ0n) is 27.5. The number of fused-ring (bicyclic) bond motifs is 20. The van der Waals surface area contributed by atoms with Gasteiger partial charge in [-0.3, -0.25) is 0 Å². The number of hydrogen-bond donors (Lipinski definition) is 0. The van der Waals surface area contributed by atoms with Crippen molar-refractivity contribution in [3.05, 3.63) is 88.7 Å². The minimum Gasteiger partial charge on any atom is -0.357 e. The largest absolute Gasteiger partial charge is 2.00 e. The monoisotopic (exact) mass is 907 g/mol. The second-order valence-corrected chi connectivity index (χ2v) is 13.6. The maximum atomic E-state index is 6.80. The Bertz CT molecular complexity index is 2800. The van der Waals surface area contributed by atoms with Crippen molar-refractivity contribution in [2.24, 2.45) is 0 Å². The SMILES string of the molecule is CC.CC.Clc1c(Cl)c(Cl)c2c(c1Cl)-c1nc3nc(nc4[n-]c(nc5[n-]c(nc-2n1)c1c(Cl)c(Cl)c(Cl)c(Cl)c51)c1ccccc41)-c1ccccc1-3.[Cu+2]. The fourth-order valence-corrected chi connectivity index (χ4v) is 7.82. The summed E-state index contributed by atoms with van der Waals surface area (Å²) in [5.41, 5.74) is 2.89. The van der Waals surface area contributed by atoms with E-state index in [9.17, 15) is 0 Å². The molecule has 0 spiro atoms. The molecular weight excluding hydrogens is 892 g/mol. The number of nitrogens with zero attached hydrogens (tertiary/aromatic N) is 8. The van der Waals surface area contributed by atoms with Gasteiger partial charge in [0.15, 0.2) is 11.6 Å². The van der Waals surface area contributed by atoms with Crippen molar-refractivity contribution < 1.29 is 17.1 Å². The maximum Gasteiger partial charge on any atom is 2.00 e. The van der Waals surface area contributed by atoms with Gasteiger partial charge < -0.3 is 24.9 Å². The summed E-state index contributed by atoms with van der Waals surface area (Å²) in [5.74, 6) is 0.885. The number of aromatic nitrogens is 8. The van der Waals surface area contributed by atoms with Crippen molar-refractivity contribution in [3.8, 4) is 45.6 Å². The Morgan fingerprint density at radius 2 is 0.717 bits per heavy atom. The van der Waals surface area contributed by atoms with Crippen LogP contribution >= 0.6 is 92.8 Å². The summed E-state index contributed by atoms with van der Waals surface area (Å²) in [6, 6.07) is 15.0. The third-order valence-electron chi connectivity index (χ3n) is 7.94. The molecule has 0 atom stereocenters. The van der Waals surface area contributed by atoms with Gasteiger partial charge in [0.1, 0.15) is 0 Å². The van der Waals surface area contributed by atoms with Crippen molar-refractivity contribution in [1.29, 1.82) is 0 Å². The molecule has 17 heteroatoms. The number of halogens is 8. The normalized spacial score (nSPS) is 11.2. The van der Waals surface area contributed by atoms with Gasteiger partial charge in [-0.05, 0) is 10.8 Å². The number of rotatable bonds is 0. The molecule has 1 radical (unpaired) electrons. The summed E-state index contributed by atoms with van der Waals surface area (Å²) in [6.45, 7) is 8.00. The zero-order valence-corrected chi connectivity index (χ0v) is 34.5. The molecule has 8 nitrogen and oxygen atoms in total. The average Bonchev–Trinajstić information content (AvgIpc) is 3.91. The van der Waals surface area contributed by atoms with E-state index < -0.39 is 0 Å². The Morgan fingerprint density at radius 3 is 1.25 bits per heavy atom.